The Morgan fingerprint density at radius 1 is 0.917 bits per heavy atom. The van der Waals surface area contributed by atoms with Gasteiger partial charge >= 0.3 is 7.12 Å². The molecule has 1 saturated heterocycles. The molecule has 0 radical (unpaired) electrons. The minimum Gasteiger partial charge on any atom is -0.423 e. The second-order valence-electron chi connectivity index (χ2n) is 7.74. The Labute approximate surface area is 146 Å². The van der Waals surface area contributed by atoms with Gasteiger partial charge in [0.05, 0.1) is 11.2 Å². The highest BCUT2D eigenvalue weighted by molar-refractivity contribution is 6.58. The highest BCUT2D eigenvalue weighted by Gasteiger charge is 2.31. The molecule has 0 spiro atoms. The number of likely N-dealkylation sites (tertiary alicyclic amines) is 1. The van der Waals surface area contributed by atoms with Crippen molar-refractivity contribution in [2.75, 3.05) is 20.1 Å². The second-order valence-corrected chi connectivity index (χ2v) is 7.74. The Morgan fingerprint density at radius 2 is 1.33 bits per heavy atom. The van der Waals surface area contributed by atoms with Gasteiger partial charge in [-0.15, -0.1) is 0 Å². The van der Waals surface area contributed by atoms with Gasteiger partial charge in [0.1, 0.15) is 0 Å². The molecule has 1 heterocycles. The zero-order chi connectivity index (χ0) is 18.5. The Kier molecular flexibility index (Phi) is 7.44. The maximum absolute atomic E-state index is 9.10. The summed E-state index contributed by atoms with van der Waals surface area (Å²) in [5.74, 6) is 0.626. The van der Waals surface area contributed by atoms with Crippen LogP contribution >= 0.6 is 0 Å². The zero-order valence-electron chi connectivity index (χ0n) is 15.5. The van der Waals surface area contributed by atoms with Gasteiger partial charge in [0.15, 0.2) is 0 Å². The van der Waals surface area contributed by atoms with Crippen LogP contribution in [0.4, 0.5) is 0 Å². The summed E-state index contributed by atoms with van der Waals surface area (Å²) in [6.07, 6.45) is 2.38. The van der Waals surface area contributed by atoms with Crippen molar-refractivity contribution in [3.8, 4) is 0 Å². The highest BCUT2D eigenvalue weighted by Crippen LogP contribution is 2.26. The molecule has 1 aliphatic rings. The molecule has 0 atom stereocenters. The fourth-order valence-corrected chi connectivity index (χ4v) is 2.28. The lowest BCUT2D eigenvalue weighted by Crippen LogP contribution is -2.44. The van der Waals surface area contributed by atoms with Crippen molar-refractivity contribution in [2.45, 2.75) is 57.7 Å². The molecule has 1 aliphatic heterocycles. The van der Waals surface area contributed by atoms with Crippen molar-refractivity contribution < 1.29 is 20.3 Å². The van der Waals surface area contributed by atoms with Gasteiger partial charge in [-0.3, -0.25) is 0 Å². The molecule has 136 valence electrons. The molecule has 0 bridgehead atoms. The lowest BCUT2D eigenvalue weighted by Gasteiger charge is -2.31. The van der Waals surface area contributed by atoms with Crippen LogP contribution in [0.5, 0.6) is 0 Å². The van der Waals surface area contributed by atoms with Crippen molar-refractivity contribution >= 4 is 12.6 Å². The molecule has 0 aliphatic carbocycles. The molecule has 4 N–H and O–H groups in total. The van der Waals surface area contributed by atoms with Crippen molar-refractivity contribution in [3.05, 3.63) is 29.8 Å². The van der Waals surface area contributed by atoms with E-state index in [0.717, 1.165) is 13.1 Å². The minimum atomic E-state index is -1.36. The van der Waals surface area contributed by atoms with E-state index in [2.05, 4.69) is 11.9 Å². The number of rotatable bonds is 3. The van der Waals surface area contributed by atoms with E-state index in [1.807, 2.05) is 12.1 Å². The van der Waals surface area contributed by atoms with Gasteiger partial charge in [-0.2, -0.15) is 0 Å². The Morgan fingerprint density at radius 3 is 1.67 bits per heavy atom. The number of hydrogen-bond donors (Lipinski definition) is 4. The van der Waals surface area contributed by atoms with E-state index < -0.39 is 18.3 Å². The first-order valence-electron chi connectivity index (χ1n) is 8.51. The average Bonchev–Trinajstić information content (AvgIpc) is 2.47. The van der Waals surface area contributed by atoms with Gasteiger partial charge in [0.25, 0.3) is 0 Å². The molecule has 0 saturated carbocycles. The van der Waals surface area contributed by atoms with Gasteiger partial charge in [0.2, 0.25) is 0 Å². The third-order valence-electron chi connectivity index (χ3n) is 4.92. The van der Waals surface area contributed by atoms with E-state index in [1.165, 1.54) is 18.4 Å². The zero-order valence-corrected chi connectivity index (χ0v) is 15.5. The topological polar surface area (TPSA) is 84.2 Å². The van der Waals surface area contributed by atoms with Crippen LogP contribution in [0.25, 0.3) is 0 Å². The second kappa shape index (κ2) is 8.45. The SMILES string of the molecule is CC(C)(O)C(C)(C)O.CN1CCC(c2ccc(B(O)O)cc2)CC1. The Hall–Kier alpha value is -0.915. The third kappa shape index (κ3) is 6.53. The van der Waals surface area contributed by atoms with Crippen LogP contribution < -0.4 is 5.46 Å². The lowest BCUT2D eigenvalue weighted by atomic mass is 9.79. The monoisotopic (exact) mass is 337 g/mol. The summed E-state index contributed by atoms with van der Waals surface area (Å²) in [7, 11) is 0.799. The predicted molar refractivity (Wildman–Crippen MR) is 98.3 cm³/mol. The molecule has 0 amide bonds. The molecule has 6 heteroatoms. The fraction of sp³-hybridized carbons (Fsp3) is 0.667. The lowest BCUT2D eigenvalue weighted by molar-refractivity contribution is -0.107. The number of aliphatic hydroxyl groups is 2. The molecule has 2 rings (SSSR count). The molecular formula is C18H32BNO4. The number of hydrogen-bond acceptors (Lipinski definition) is 5. The average molecular weight is 337 g/mol. The van der Waals surface area contributed by atoms with Crippen LogP contribution in [0.3, 0.4) is 0 Å². The van der Waals surface area contributed by atoms with E-state index in [1.54, 1.807) is 39.8 Å². The third-order valence-corrected chi connectivity index (χ3v) is 4.92. The molecule has 24 heavy (non-hydrogen) atoms. The van der Waals surface area contributed by atoms with Crippen molar-refractivity contribution in [3.63, 3.8) is 0 Å². The van der Waals surface area contributed by atoms with Crippen molar-refractivity contribution in [2.24, 2.45) is 0 Å². The number of nitrogens with zero attached hydrogens (tertiary/aromatic N) is 1. The summed E-state index contributed by atoms with van der Waals surface area (Å²) in [4.78, 5) is 2.35. The van der Waals surface area contributed by atoms with E-state index in [-0.39, 0.29) is 0 Å². The molecular weight excluding hydrogens is 305 g/mol. The number of benzene rings is 1. The van der Waals surface area contributed by atoms with Gasteiger partial charge in [-0.05, 0) is 77.6 Å². The van der Waals surface area contributed by atoms with Crippen LogP contribution in [-0.4, -0.2) is 63.6 Å². The summed E-state index contributed by atoms with van der Waals surface area (Å²) in [5.41, 5.74) is -0.130. The fourth-order valence-electron chi connectivity index (χ4n) is 2.28. The van der Waals surface area contributed by atoms with Crippen LogP contribution in [0, 0.1) is 0 Å². The van der Waals surface area contributed by atoms with Crippen LogP contribution in [0.1, 0.15) is 52.0 Å². The van der Waals surface area contributed by atoms with Gasteiger partial charge < -0.3 is 25.2 Å². The van der Waals surface area contributed by atoms with Crippen LogP contribution in [0.2, 0.25) is 0 Å². The van der Waals surface area contributed by atoms with Crippen LogP contribution in [-0.2, 0) is 0 Å². The van der Waals surface area contributed by atoms with Crippen LogP contribution in [0.15, 0.2) is 24.3 Å². The summed E-state index contributed by atoms with van der Waals surface area (Å²) < 4.78 is 0. The Bertz CT molecular complexity index is 471. The standard InChI is InChI=1S/C12H18BNO2.C6H14O2/c1-14-8-6-11(7-9-14)10-2-4-12(5-3-10)13(15)16;1-5(2,7)6(3,4)8/h2-5,11,15-16H,6-9H2,1H3;7-8H,1-4H3. The smallest absolute Gasteiger partial charge is 0.423 e. The first-order chi connectivity index (χ1) is 10.9. The first kappa shape index (κ1) is 21.1. The molecule has 0 unspecified atom stereocenters. The van der Waals surface area contributed by atoms with Gasteiger partial charge in [-0.25, -0.2) is 0 Å². The van der Waals surface area contributed by atoms with Crippen molar-refractivity contribution in [1.82, 2.24) is 4.90 Å². The Balaban J connectivity index is 0.000000307. The number of piperidine rings is 1. The maximum Gasteiger partial charge on any atom is 0.488 e. The van der Waals surface area contributed by atoms with Crippen molar-refractivity contribution in [1.29, 1.82) is 0 Å². The molecule has 1 aromatic rings. The molecule has 1 fully saturated rings. The molecule has 1 aromatic carbocycles. The molecule has 0 aromatic heterocycles. The van der Waals surface area contributed by atoms with E-state index in [4.69, 9.17) is 20.3 Å². The summed E-state index contributed by atoms with van der Waals surface area (Å²) >= 11 is 0. The summed E-state index contributed by atoms with van der Waals surface area (Å²) in [6, 6.07) is 7.64. The minimum absolute atomic E-state index is 0.566. The van der Waals surface area contributed by atoms with E-state index >= 15 is 0 Å². The normalized spacial score (nSPS) is 17.2. The first-order valence-corrected chi connectivity index (χ1v) is 8.51. The van der Waals surface area contributed by atoms with E-state index in [9.17, 15) is 0 Å². The molecule has 5 nitrogen and oxygen atoms in total. The summed E-state index contributed by atoms with van der Waals surface area (Å²) in [6.45, 7) is 8.60. The van der Waals surface area contributed by atoms with Gasteiger partial charge in [0, 0.05) is 0 Å². The summed E-state index contributed by atoms with van der Waals surface area (Å²) in [5, 5.41) is 36.2. The largest absolute Gasteiger partial charge is 0.488 e. The highest BCUT2D eigenvalue weighted by atomic mass is 16.4. The van der Waals surface area contributed by atoms with E-state index in [0.29, 0.717) is 11.4 Å². The quantitative estimate of drug-likeness (QED) is 0.611. The maximum atomic E-state index is 9.10. The van der Waals surface area contributed by atoms with Gasteiger partial charge in [-0.1, -0.05) is 24.3 Å². The predicted octanol–water partition coefficient (Wildman–Crippen LogP) is 0.704.